The normalized spacial score (nSPS) is 22.9. The van der Waals surface area contributed by atoms with Crippen LogP contribution >= 0.6 is 15.9 Å². The molecule has 1 saturated heterocycles. The predicted octanol–water partition coefficient (Wildman–Crippen LogP) is 1.91. The van der Waals surface area contributed by atoms with Crippen molar-refractivity contribution in [2.75, 3.05) is 19.7 Å². The molecule has 17 heavy (non-hydrogen) atoms. The second-order valence-corrected chi connectivity index (χ2v) is 5.44. The number of nitrogens with two attached hydrogens (primary N) is 1. The van der Waals surface area contributed by atoms with Crippen molar-refractivity contribution in [2.45, 2.75) is 24.9 Å². The fourth-order valence-corrected chi connectivity index (χ4v) is 2.88. The molecule has 0 saturated carbocycles. The summed E-state index contributed by atoms with van der Waals surface area (Å²) in [6.45, 7) is 1.86. The molecular weight excluding hydrogens is 280 g/mol. The summed E-state index contributed by atoms with van der Waals surface area (Å²) in [5, 5.41) is 9.38. The van der Waals surface area contributed by atoms with E-state index >= 15 is 0 Å². The molecule has 0 amide bonds. The van der Waals surface area contributed by atoms with Crippen molar-refractivity contribution in [3.05, 3.63) is 34.3 Å². The molecular formula is C13H19BrN2O. The molecule has 1 aromatic rings. The number of benzene rings is 1. The predicted molar refractivity (Wildman–Crippen MR) is 72.8 cm³/mol. The number of likely N-dealkylation sites (tertiary alicyclic amines) is 1. The minimum Gasteiger partial charge on any atom is -0.395 e. The summed E-state index contributed by atoms with van der Waals surface area (Å²) in [4.78, 5) is 2.34. The number of nitrogens with zero attached hydrogens (tertiary/aromatic N) is 1. The fraction of sp³-hybridized carbons (Fsp3) is 0.538. The summed E-state index contributed by atoms with van der Waals surface area (Å²) in [6, 6.07) is 8.79. The standard InChI is InChI=1S/C13H19BrN2O/c14-11-5-3-10(4-6-11)13(8-15)16-7-1-2-12(16)9-17/h3-6,12-13,17H,1-2,7-9,15H2. The molecule has 2 rings (SSSR count). The lowest BCUT2D eigenvalue weighted by molar-refractivity contribution is 0.121. The number of halogens is 1. The topological polar surface area (TPSA) is 49.5 Å². The van der Waals surface area contributed by atoms with E-state index in [4.69, 9.17) is 5.73 Å². The second kappa shape index (κ2) is 5.96. The third-order valence-electron chi connectivity index (χ3n) is 3.51. The Labute approximate surface area is 111 Å². The van der Waals surface area contributed by atoms with Crippen LogP contribution in [0.5, 0.6) is 0 Å². The summed E-state index contributed by atoms with van der Waals surface area (Å²) in [7, 11) is 0. The molecule has 0 bridgehead atoms. The molecule has 1 aliphatic heterocycles. The van der Waals surface area contributed by atoms with Crippen LogP contribution in [0.1, 0.15) is 24.4 Å². The molecule has 1 aromatic carbocycles. The summed E-state index contributed by atoms with van der Waals surface area (Å²) < 4.78 is 1.08. The zero-order valence-corrected chi connectivity index (χ0v) is 11.4. The lowest BCUT2D eigenvalue weighted by Crippen LogP contribution is -2.39. The molecule has 1 aliphatic rings. The number of aliphatic hydroxyl groups is 1. The molecule has 4 heteroatoms. The maximum absolute atomic E-state index is 9.38. The van der Waals surface area contributed by atoms with Crippen LogP contribution in [0.3, 0.4) is 0 Å². The van der Waals surface area contributed by atoms with Gasteiger partial charge in [-0.25, -0.2) is 0 Å². The molecule has 3 nitrogen and oxygen atoms in total. The Morgan fingerprint density at radius 2 is 2.12 bits per heavy atom. The summed E-state index contributed by atoms with van der Waals surface area (Å²) in [5.41, 5.74) is 7.14. The molecule has 2 atom stereocenters. The van der Waals surface area contributed by atoms with Gasteiger partial charge in [-0.2, -0.15) is 0 Å². The number of hydrogen-bond acceptors (Lipinski definition) is 3. The lowest BCUT2D eigenvalue weighted by atomic mass is 10.0. The van der Waals surface area contributed by atoms with E-state index in [0.29, 0.717) is 6.54 Å². The van der Waals surface area contributed by atoms with Crippen LogP contribution in [0.25, 0.3) is 0 Å². The molecule has 1 fully saturated rings. The minimum absolute atomic E-state index is 0.225. The van der Waals surface area contributed by atoms with Gasteiger partial charge in [0.1, 0.15) is 0 Å². The highest BCUT2D eigenvalue weighted by Gasteiger charge is 2.30. The average molecular weight is 299 g/mol. The Balaban J connectivity index is 2.18. The highest BCUT2D eigenvalue weighted by Crippen LogP contribution is 2.29. The highest BCUT2D eigenvalue weighted by molar-refractivity contribution is 9.10. The smallest absolute Gasteiger partial charge is 0.0587 e. The van der Waals surface area contributed by atoms with Gasteiger partial charge in [0.2, 0.25) is 0 Å². The van der Waals surface area contributed by atoms with E-state index in [9.17, 15) is 5.11 Å². The highest BCUT2D eigenvalue weighted by atomic mass is 79.9. The van der Waals surface area contributed by atoms with Gasteiger partial charge < -0.3 is 10.8 Å². The van der Waals surface area contributed by atoms with Gasteiger partial charge in [-0.3, -0.25) is 4.90 Å². The summed E-state index contributed by atoms with van der Waals surface area (Å²) in [6.07, 6.45) is 2.22. The number of aliphatic hydroxyl groups excluding tert-OH is 1. The third-order valence-corrected chi connectivity index (χ3v) is 4.04. The van der Waals surface area contributed by atoms with E-state index in [1.807, 2.05) is 12.1 Å². The third kappa shape index (κ3) is 2.88. The van der Waals surface area contributed by atoms with Crippen molar-refractivity contribution < 1.29 is 5.11 Å². The van der Waals surface area contributed by atoms with Gasteiger partial charge in [0.15, 0.2) is 0 Å². The average Bonchev–Trinajstić information content (AvgIpc) is 2.81. The second-order valence-electron chi connectivity index (χ2n) is 4.52. The summed E-state index contributed by atoms with van der Waals surface area (Å²) >= 11 is 3.44. The largest absolute Gasteiger partial charge is 0.395 e. The maximum Gasteiger partial charge on any atom is 0.0587 e. The molecule has 1 heterocycles. The summed E-state index contributed by atoms with van der Waals surface area (Å²) in [5.74, 6) is 0. The quantitative estimate of drug-likeness (QED) is 0.893. The SMILES string of the molecule is NCC(c1ccc(Br)cc1)N1CCCC1CO. The number of rotatable bonds is 4. The first-order valence-electron chi connectivity index (χ1n) is 6.08. The van der Waals surface area contributed by atoms with Gasteiger partial charge in [-0.05, 0) is 37.1 Å². The van der Waals surface area contributed by atoms with E-state index in [1.54, 1.807) is 0 Å². The van der Waals surface area contributed by atoms with Gasteiger partial charge in [-0.1, -0.05) is 28.1 Å². The van der Waals surface area contributed by atoms with Gasteiger partial charge in [-0.15, -0.1) is 0 Å². The number of hydrogen-bond donors (Lipinski definition) is 2. The maximum atomic E-state index is 9.38. The monoisotopic (exact) mass is 298 g/mol. The zero-order chi connectivity index (χ0) is 12.3. The van der Waals surface area contributed by atoms with Gasteiger partial charge >= 0.3 is 0 Å². The zero-order valence-electron chi connectivity index (χ0n) is 9.85. The van der Waals surface area contributed by atoms with Crippen LogP contribution in [0.2, 0.25) is 0 Å². The molecule has 0 spiro atoms. The van der Waals surface area contributed by atoms with Crippen LogP contribution in [-0.2, 0) is 0 Å². The van der Waals surface area contributed by atoms with Crippen molar-refractivity contribution in [3.63, 3.8) is 0 Å². The van der Waals surface area contributed by atoms with Crippen LogP contribution in [0.4, 0.5) is 0 Å². The van der Waals surface area contributed by atoms with Crippen LogP contribution in [0.15, 0.2) is 28.7 Å². The van der Waals surface area contributed by atoms with Crippen LogP contribution in [0, 0.1) is 0 Å². The van der Waals surface area contributed by atoms with Crippen LogP contribution < -0.4 is 5.73 Å². The van der Waals surface area contributed by atoms with E-state index < -0.39 is 0 Å². The van der Waals surface area contributed by atoms with E-state index in [0.717, 1.165) is 23.9 Å². The first-order chi connectivity index (χ1) is 8.26. The molecule has 2 unspecified atom stereocenters. The van der Waals surface area contributed by atoms with Crippen LogP contribution in [-0.4, -0.2) is 35.7 Å². The first kappa shape index (κ1) is 13.0. The van der Waals surface area contributed by atoms with E-state index in [-0.39, 0.29) is 18.7 Å². The lowest BCUT2D eigenvalue weighted by Gasteiger charge is -2.31. The fourth-order valence-electron chi connectivity index (χ4n) is 2.61. The molecule has 94 valence electrons. The van der Waals surface area contributed by atoms with Crippen molar-refractivity contribution >= 4 is 15.9 Å². The minimum atomic E-state index is 0.225. The Kier molecular flexibility index (Phi) is 4.56. The Bertz CT molecular complexity index is 355. The Hall–Kier alpha value is -0.420. The first-order valence-corrected chi connectivity index (χ1v) is 6.87. The Morgan fingerprint density at radius 1 is 1.41 bits per heavy atom. The molecule has 0 aliphatic carbocycles. The van der Waals surface area contributed by atoms with Crippen molar-refractivity contribution in [1.29, 1.82) is 0 Å². The van der Waals surface area contributed by atoms with E-state index in [2.05, 4.69) is 33.0 Å². The van der Waals surface area contributed by atoms with Crippen molar-refractivity contribution in [3.8, 4) is 0 Å². The van der Waals surface area contributed by atoms with Gasteiger partial charge in [0, 0.05) is 23.1 Å². The van der Waals surface area contributed by atoms with E-state index in [1.165, 1.54) is 5.56 Å². The molecule has 0 radical (unpaired) electrons. The Morgan fingerprint density at radius 3 is 2.71 bits per heavy atom. The van der Waals surface area contributed by atoms with Crippen molar-refractivity contribution in [1.82, 2.24) is 4.90 Å². The molecule has 3 N–H and O–H groups in total. The van der Waals surface area contributed by atoms with Crippen molar-refractivity contribution in [2.24, 2.45) is 5.73 Å². The molecule has 0 aromatic heterocycles. The van der Waals surface area contributed by atoms with Gasteiger partial charge in [0.05, 0.1) is 6.61 Å². The van der Waals surface area contributed by atoms with Gasteiger partial charge in [0.25, 0.3) is 0 Å².